The van der Waals surface area contributed by atoms with Crippen molar-refractivity contribution in [2.24, 2.45) is 7.05 Å². The number of rotatable bonds is 1. The summed E-state index contributed by atoms with van der Waals surface area (Å²) >= 11 is 0. The fourth-order valence-electron chi connectivity index (χ4n) is 2.68. The van der Waals surface area contributed by atoms with E-state index in [4.69, 9.17) is 0 Å². The fourth-order valence-corrected chi connectivity index (χ4v) is 2.68. The zero-order valence-corrected chi connectivity index (χ0v) is 10.9. The standard InChI is InChI=1S/C15H16N2O2/c1-16-10-12(15(19)17-8-4-5-9-17)14(18)11-6-2-3-7-13(11)16/h2-3,6-7,10H,4-5,8-9H2,1H3. The van der Waals surface area contributed by atoms with Crippen molar-refractivity contribution in [1.82, 2.24) is 9.47 Å². The maximum absolute atomic E-state index is 12.4. The van der Waals surface area contributed by atoms with Gasteiger partial charge in [-0.2, -0.15) is 0 Å². The number of nitrogens with zero attached hydrogens (tertiary/aromatic N) is 2. The molecule has 1 aromatic carbocycles. The molecular weight excluding hydrogens is 240 g/mol. The van der Waals surface area contributed by atoms with E-state index < -0.39 is 0 Å². The van der Waals surface area contributed by atoms with Crippen LogP contribution in [0.15, 0.2) is 35.3 Å². The van der Waals surface area contributed by atoms with Crippen LogP contribution in [-0.2, 0) is 7.05 Å². The molecule has 19 heavy (non-hydrogen) atoms. The highest BCUT2D eigenvalue weighted by Gasteiger charge is 2.22. The summed E-state index contributed by atoms with van der Waals surface area (Å²) in [6, 6.07) is 7.39. The molecule has 0 radical (unpaired) electrons. The van der Waals surface area contributed by atoms with Gasteiger partial charge in [0.15, 0.2) is 0 Å². The molecule has 0 atom stereocenters. The highest BCUT2D eigenvalue weighted by Crippen LogP contribution is 2.14. The van der Waals surface area contributed by atoms with Crippen LogP contribution >= 0.6 is 0 Å². The number of hydrogen-bond acceptors (Lipinski definition) is 2. The number of para-hydroxylation sites is 1. The van der Waals surface area contributed by atoms with Crippen molar-refractivity contribution in [3.63, 3.8) is 0 Å². The lowest BCUT2D eigenvalue weighted by molar-refractivity contribution is 0.0791. The molecule has 4 nitrogen and oxygen atoms in total. The predicted molar refractivity (Wildman–Crippen MR) is 74.3 cm³/mol. The van der Waals surface area contributed by atoms with E-state index in [-0.39, 0.29) is 16.9 Å². The van der Waals surface area contributed by atoms with Crippen molar-refractivity contribution < 1.29 is 4.79 Å². The van der Waals surface area contributed by atoms with E-state index in [0.29, 0.717) is 5.39 Å². The molecule has 98 valence electrons. The zero-order valence-electron chi connectivity index (χ0n) is 10.9. The van der Waals surface area contributed by atoms with Crippen molar-refractivity contribution in [2.45, 2.75) is 12.8 Å². The first kappa shape index (κ1) is 12.0. The molecule has 1 amide bonds. The van der Waals surface area contributed by atoms with Gasteiger partial charge in [-0.3, -0.25) is 9.59 Å². The minimum absolute atomic E-state index is 0.135. The Kier molecular flexibility index (Phi) is 2.85. The summed E-state index contributed by atoms with van der Waals surface area (Å²) in [7, 11) is 1.86. The Balaban J connectivity index is 2.16. The number of likely N-dealkylation sites (tertiary alicyclic amines) is 1. The molecule has 3 rings (SSSR count). The maximum Gasteiger partial charge on any atom is 0.259 e. The van der Waals surface area contributed by atoms with Crippen LogP contribution in [0.2, 0.25) is 0 Å². The van der Waals surface area contributed by atoms with Crippen LogP contribution in [-0.4, -0.2) is 28.5 Å². The predicted octanol–water partition coefficient (Wildman–Crippen LogP) is 1.77. The van der Waals surface area contributed by atoms with Crippen molar-refractivity contribution >= 4 is 16.8 Å². The first-order valence-electron chi connectivity index (χ1n) is 6.56. The van der Waals surface area contributed by atoms with E-state index >= 15 is 0 Å². The zero-order chi connectivity index (χ0) is 13.4. The number of fused-ring (bicyclic) bond motifs is 1. The fraction of sp³-hybridized carbons (Fsp3) is 0.333. The lowest BCUT2D eigenvalue weighted by atomic mass is 10.1. The van der Waals surface area contributed by atoms with E-state index in [1.54, 1.807) is 17.2 Å². The number of aryl methyl sites for hydroxylation is 1. The van der Waals surface area contributed by atoms with Gasteiger partial charge in [-0.05, 0) is 25.0 Å². The van der Waals surface area contributed by atoms with Gasteiger partial charge in [-0.25, -0.2) is 0 Å². The highest BCUT2D eigenvalue weighted by atomic mass is 16.2. The molecule has 1 aliphatic heterocycles. The Hall–Kier alpha value is -2.10. The molecule has 1 aliphatic rings. The third-order valence-corrected chi connectivity index (χ3v) is 3.72. The SMILES string of the molecule is Cn1cc(C(=O)N2CCCC2)c(=O)c2ccccc21. The monoisotopic (exact) mass is 256 g/mol. The minimum atomic E-state index is -0.161. The van der Waals surface area contributed by atoms with E-state index in [1.165, 1.54) is 0 Å². The molecule has 0 bridgehead atoms. The Morgan fingerprint density at radius 2 is 1.84 bits per heavy atom. The number of hydrogen-bond donors (Lipinski definition) is 0. The van der Waals surface area contributed by atoms with Crippen LogP contribution in [0.1, 0.15) is 23.2 Å². The van der Waals surface area contributed by atoms with Crippen molar-refractivity contribution in [3.05, 3.63) is 46.2 Å². The van der Waals surface area contributed by atoms with Gasteiger partial charge in [-0.1, -0.05) is 12.1 Å². The van der Waals surface area contributed by atoms with Gasteiger partial charge in [0, 0.05) is 31.7 Å². The number of benzene rings is 1. The smallest absolute Gasteiger partial charge is 0.259 e. The number of aromatic nitrogens is 1. The number of amides is 1. The molecule has 1 fully saturated rings. The molecule has 0 saturated carbocycles. The highest BCUT2D eigenvalue weighted by molar-refractivity contribution is 5.97. The van der Waals surface area contributed by atoms with E-state index in [9.17, 15) is 9.59 Å². The third kappa shape index (κ3) is 1.93. The second kappa shape index (κ2) is 4.53. The van der Waals surface area contributed by atoms with Gasteiger partial charge in [0.1, 0.15) is 5.56 Å². The topological polar surface area (TPSA) is 42.3 Å². The molecule has 2 heterocycles. The van der Waals surface area contributed by atoms with Crippen molar-refractivity contribution in [1.29, 1.82) is 0 Å². The Bertz CT molecular complexity index is 697. The second-order valence-electron chi connectivity index (χ2n) is 5.00. The third-order valence-electron chi connectivity index (χ3n) is 3.72. The summed E-state index contributed by atoms with van der Waals surface area (Å²) in [5.74, 6) is -0.135. The van der Waals surface area contributed by atoms with Gasteiger partial charge in [-0.15, -0.1) is 0 Å². The maximum atomic E-state index is 12.4. The van der Waals surface area contributed by atoms with Gasteiger partial charge >= 0.3 is 0 Å². The van der Waals surface area contributed by atoms with Gasteiger partial charge in [0.25, 0.3) is 5.91 Å². The summed E-state index contributed by atoms with van der Waals surface area (Å²) in [4.78, 5) is 26.6. The average molecular weight is 256 g/mol. The summed E-state index contributed by atoms with van der Waals surface area (Å²) < 4.78 is 1.85. The normalized spacial score (nSPS) is 15.1. The lowest BCUT2D eigenvalue weighted by Crippen LogP contribution is -2.32. The Morgan fingerprint density at radius 1 is 1.16 bits per heavy atom. The molecule has 4 heteroatoms. The lowest BCUT2D eigenvalue weighted by Gasteiger charge is -2.16. The second-order valence-corrected chi connectivity index (χ2v) is 5.00. The largest absolute Gasteiger partial charge is 0.350 e. The quantitative estimate of drug-likeness (QED) is 0.780. The van der Waals surface area contributed by atoms with Crippen LogP contribution in [0, 0.1) is 0 Å². The van der Waals surface area contributed by atoms with Crippen molar-refractivity contribution in [3.8, 4) is 0 Å². The van der Waals surface area contributed by atoms with E-state index in [1.807, 2.05) is 29.8 Å². The first-order valence-corrected chi connectivity index (χ1v) is 6.56. The van der Waals surface area contributed by atoms with E-state index in [2.05, 4.69) is 0 Å². The molecule has 1 aromatic heterocycles. The Labute approximate surface area is 111 Å². The molecule has 2 aromatic rings. The van der Waals surface area contributed by atoms with Crippen molar-refractivity contribution in [2.75, 3.05) is 13.1 Å². The molecule has 0 N–H and O–H groups in total. The van der Waals surface area contributed by atoms with Gasteiger partial charge in [0.2, 0.25) is 5.43 Å². The van der Waals surface area contributed by atoms with Crippen LogP contribution in [0.5, 0.6) is 0 Å². The first-order chi connectivity index (χ1) is 9.18. The van der Waals surface area contributed by atoms with Crippen LogP contribution in [0.25, 0.3) is 10.9 Å². The summed E-state index contributed by atoms with van der Waals surface area (Å²) in [5.41, 5.74) is 0.971. The van der Waals surface area contributed by atoms with E-state index in [0.717, 1.165) is 31.4 Å². The molecule has 0 spiro atoms. The van der Waals surface area contributed by atoms with Gasteiger partial charge in [0.05, 0.1) is 5.52 Å². The Morgan fingerprint density at radius 3 is 2.58 bits per heavy atom. The summed E-state index contributed by atoms with van der Waals surface area (Å²) in [6.07, 6.45) is 3.71. The molecule has 0 aliphatic carbocycles. The average Bonchev–Trinajstić information content (AvgIpc) is 2.96. The van der Waals surface area contributed by atoms with Crippen LogP contribution < -0.4 is 5.43 Å². The number of carbonyl (C=O) groups is 1. The van der Waals surface area contributed by atoms with Crippen LogP contribution in [0.3, 0.4) is 0 Å². The number of carbonyl (C=O) groups excluding carboxylic acids is 1. The molecule has 1 saturated heterocycles. The van der Waals surface area contributed by atoms with Crippen LogP contribution in [0.4, 0.5) is 0 Å². The minimum Gasteiger partial charge on any atom is -0.350 e. The molecular formula is C15H16N2O2. The molecule has 0 unspecified atom stereocenters. The van der Waals surface area contributed by atoms with Gasteiger partial charge < -0.3 is 9.47 Å². The summed E-state index contributed by atoms with van der Waals surface area (Å²) in [5, 5.41) is 0.607. The summed E-state index contributed by atoms with van der Waals surface area (Å²) in [6.45, 7) is 1.52. The number of pyridine rings is 1.